The number of aromatic nitrogens is 4. The van der Waals surface area contributed by atoms with Crippen LogP contribution in [0.15, 0.2) is 6.20 Å². The van der Waals surface area contributed by atoms with Crippen LogP contribution in [0.25, 0.3) is 11.0 Å². The van der Waals surface area contributed by atoms with E-state index in [9.17, 15) is 0 Å². The van der Waals surface area contributed by atoms with E-state index in [1.54, 1.807) is 18.0 Å². The van der Waals surface area contributed by atoms with Gasteiger partial charge in [-0.2, -0.15) is 5.10 Å². The normalized spacial score (nSPS) is 20.2. The molecule has 0 amide bonds. The summed E-state index contributed by atoms with van der Waals surface area (Å²) in [5.41, 5.74) is 0.787. The topological polar surface area (TPSA) is 56.1 Å². The first-order valence-electron chi connectivity index (χ1n) is 7.23. The van der Waals surface area contributed by atoms with E-state index in [-0.39, 0.29) is 0 Å². The van der Waals surface area contributed by atoms with Crippen LogP contribution < -0.4 is 0 Å². The lowest BCUT2D eigenvalue weighted by atomic mass is 9.99. The lowest BCUT2D eigenvalue weighted by molar-refractivity contribution is 0.0862. The van der Waals surface area contributed by atoms with Gasteiger partial charge < -0.3 is 4.74 Å². The van der Waals surface area contributed by atoms with Crippen LogP contribution in [0.1, 0.15) is 18.7 Å². The smallest absolute Gasteiger partial charge is 0.162 e. The summed E-state index contributed by atoms with van der Waals surface area (Å²) in [5, 5.41) is 5.47. The van der Waals surface area contributed by atoms with Crippen molar-refractivity contribution in [2.45, 2.75) is 19.4 Å². The minimum absolute atomic E-state index is 0.480. The first kappa shape index (κ1) is 14.7. The van der Waals surface area contributed by atoms with E-state index < -0.39 is 0 Å². The predicted molar refractivity (Wildman–Crippen MR) is 81.2 cm³/mol. The highest BCUT2D eigenvalue weighted by Gasteiger charge is 2.21. The minimum atomic E-state index is 0.480. The van der Waals surface area contributed by atoms with Gasteiger partial charge in [0.25, 0.3) is 0 Å². The summed E-state index contributed by atoms with van der Waals surface area (Å²) in [6, 6.07) is 0. The number of hydrogen-bond donors (Lipinski definition) is 0. The number of piperidine rings is 1. The van der Waals surface area contributed by atoms with Gasteiger partial charge >= 0.3 is 0 Å². The number of aryl methyl sites for hydroxylation is 1. The van der Waals surface area contributed by atoms with E-state index in [2.05, 4.69) is 20.0 Å². The Kier molecular flexibility index (Phi) is 4.37. The second-order valence-corrected chi connectivity index (χ2v) is 5.99. The largest absolute Gasteiger partial charge is 0.384 e. The van der Waals surface area contributed by atoms with Gasteiger partial charge in [-0.05, 0) is 25.3 Å². The van der Waals surface area contributed by atoms with E-state index in [4.69, 9.17) is 16.3 Å². The zero-order valence-electron chi connectivity index (χ0n) is 12.4. The van der Waals surface area contributed by atoms with E-state index in [0.29, 0.717) is 11.1 Å². The summed E-state index contributed by atoms with van der Waals surface area (Å²) in [4.78, 5) is 11.4. The molecule has 7 heteroatoms. The molecular weight excluding hydrogens is 290 g/mol. The fourth-order valence-corrected chi connectivity index (χ4v) is 3.20. The van der Waals surface area contributed by atoms with Crippen LogP contribution in [-0.2, 0) is 18.3 Å². The molecule has 0 radical (unpaired) electrons. The Hall–Kier alpha value is -1.24. The van der Waals surface area contributed by atoms with E-state index in [1.165, 1.54) is 12.8 Å². The molecule has 21 heavy (non-hydrogen) atoms. The molecule has 0 N–H and O–H groups in total. The third-order valence-corrected chi connectivity index (χ3v) is 4.25. The van der Waals surface area contributed by atoms with Gasteiger partial charge in [-0.1, -0.05) is 11.6 Å². The molecule has 2 aromatic heterocycles. The van der Waals surface area contributed by atoms with Crippen molar-refractivity contribution in [2.24, 2.45) is 13.0 Å². The molecule has 1 unspecified atom stereocenters. The molecule has 114 valence electrons. The molecule has 0 bridgehead atoms. The molecule has 1 fully saturated rings. The number of nitrogens with zero attached hydrogens (tertiary/aromatic N) is 5. The molecule has 1 aliphatic rings. The Morgan fingerprint density at radius 2 is 2.29 bits per heavy atom. The lowest BCUT2D eigenvalue weighted by Gasteiger charge is -2.31. The molecule has 1 saturated heterocycles. The second-order valence-electron chi connectivity index (χ2n) is 5.63. The number of ether oxygens (including phenoxy) is 1. The summed E-state index contributed by atoms with van der Waals surface area (Å²) in [7, 11) is 3.63. The molecule has 0 spiro atoms. The third kappa shape index (κ3) is 3.17. The first-order valence-corrected chi connectivity index (χ1v) is 7.60. The van der Waals surface area contributed by atoms with Gasteiger partial charge in [-0.3, -0.25) is 9.58 Å². The third-order valence-electron chi connectivity index (χ3n) is 3.96. The fourth-order valence-electron chi connectivity index (χ4n) is 2.97. The van der Waals surface area contributed by atoms with Crippen LogP contribution in [0.2, 0.25) is 5.15 Å². The van der Waals surface area contributed by atoms with Gasteiger partial charge in [0.05, 0.1) is 24.7 Å². The Balaban J connectivity index is 1.76. The molecule has 6 nitrogen and oxygen atoms in total. The lowest BCUT2D eigenvalue weighted by Crippen LogP contribution is -2.37. The summed E-state index contributed by atoms with van der Waals surface area (Å²) in [6.45, 7) is 3.64. The maximum Gasteiger partial charge on any atom is 0.162 e. The highest BCUT2D eigenvalue weighted by atomic mass is 35.5. The van der Waals surface area contributed by atoms with Crippen LogP contribution in [0.3, 0.4) is 0 Å². The van der Waals surface area contributed by atoms with Crippen LogP contribution >= 0.6 is 11.6 Å². The average Bonchev–Trinajstić information content (AvgIpc) is 2.82. The van der Waals surface area contributed by atoms with Crippen molar-refractivity contribution in [1.82, 2.24) is 24.6 Å². The number of fused-ring (bicyclic) bond motifs is 1. The fraction of sp³-hybridized carbons (Fsp3) is 0.643. The molecule has 0 saturated carbocycles. The van der Waals surface area contributed by atoms with Gasteiger partial charge in [0.1, 0.15) is 11.0 Å². The number of methoxy groups -OCH3 is 1. The summed E-state index contributed by atoms with van der Waals surface area (Å²) < 4.78 is 7.00. The maximum atomic E-state index is 6.23. The maximum absolute atomic E-state index is 6.23. The van der Waals surface area contributed by atoms with Crippen molar-refractivity contribution in [3.63, 3.8) is 0 Å². The van der Waals surface area contributed by atoms with Crippen LogP contribution in [-0.4, -0.2) is 51.5 Å². The Morgan fingerprint density at radius 1 is 1.43 bits per heavy atom. The molecular formula is C14H20ClN5O. The second kappa shape index (κ2) is 6.25. The molecule has 0 aliphatic carbocycles. The highest BCUT2D eigenvalue weighted by Crippen LogP contribution is 2.22. The molecule has 3 rings (SSSR count). The molecule has 1 atom stereocenters. The van der Waals surface area contributed by atoms with E-state index in [0.717, 1.165) is 43.1 Å². The quantitative estimate of drug-likeness (QED) is 0.807. The number of rotatable bonds is 4. The van der Waals surface area contributed by atoms with Gasteiger partial charge in [0.2, 0.25) is 0 Å². The zero-order chi connectivity index (χ0) is 14.8. The van der Waals surface area contributed by atoms with Crippen LogP contribution in [0.4, 0.5) is 0 Å². The molecule has 0 aromatic carbocycles. The number of halogens is 1. The number of hydrogen-bond acceptors (Lipinski definition) is 5. The summed E-state index contributed by atoms with van der Waals surface area (Å²) in [5.74, 6) is 1.36. The molecule has 3 heterocycles. The van der Waals surface area contributed by atoms with Crippen molar-refractivity contribution in [1.29, 1.82) is 0 Å². The standard InChI is InChI=1S/C14H20ClN5O/c1-19-14-11(6-16-19)13(15)17-12(18-14)8-20-5-3-4-10(7-20)9-21-2/h6,10H,3-5,7-9H2,1-2H3. The molecule has 2 aromatic rings. The van der Waals surface area contributed by atoms with Crippen molar-refractivity contribution in [3.8, 4) is 0 Å². The summed E-state index contributed by atoms with van der Waals surface area (Å²) in [6.07, 6.45) is 4.12. The molecule has 1 aliphatic heterocycles. The van der Waals surface area contributed by atoms with E-state index in [1.807, 2.05) is 7.05 Å². The van der Waals surface area contributed by atoms with Gasteiger partial charge in [-0.25, -0.2) is 9.97 Å². The van der Waals surface area contributed by atoms with Crippen molar-refractivity contribution in [3.05, 3.63) is 17.2 Å². The van der Waals surface area contributed by atoms with Gasteiger partial charge in [-0.15, -0.1) is 0 Å². The van der Waals surface area contributed by atoms with E-state index >= 15 is 0 Å². The zero-order valence-corrected chi connectivity index (χ0v) is 13.2. The van der Waals surface area contributed by atoms with Crippen molar-refractivity contribution < 1.29 is 4.74 Å². The van der Waals surface area contributed by atoms with Crippen molar-refractivity contribution >= 4 is 22.6 Å². The van der Waals surface area contributed by atoms with Crippen LogP contribution in [0, 0.1) is 5.92 Å². The Labute approximate surface area is 129 Å². The minimum Gasteiger partial charge on any atom is -0.384 e. The average molecular weight is 310 g/mol. The first-order chi connectivity index (χ1) is 10.2. The predicted octanol–water partition coefficient (Wildman–Crippen LogP) is 1.88. The SMILES string of the molecule is COCC1CCCN(Cc2nc(Cl)c3cnn(C)c3n2)C1. The summed E-state index contributed by atoms with van der Waals surface area (Å²) >= 11 is 6.23. The number of likely N-dealkylation sites (tertiary alicyclic amines) is 1. The van der Waals surface area contributed by atoms with Gasteiger partial charge in [0.15, 0.2) is 5.65 Å². The Morgan fingerprint density at radius 3 is 3.10 bits per heavy atom. The van der Waals surface area contributed by atoms with Gasteiger partial charge in [0, 0.05) is 20.7 Å². The monoisotopic (exact) mass is 309 g/mol. The van der Waals surface area contributed by atoms with Crippen molar-refractivity contribution in [2.75, 3.05) is 26.8 Å². The highest BCUT2D eigenvalue weighted by molar-refractivity contribution is 6.33. The Bertz CT molecular complexity index is 627. The van der Waals surface area contributed by atoms with Crippen LogP contribution in [0.5, 0.6) is 0 Å².